The van der Waals surface area contributed by atoms with Crippen molar-refractivity contribution in [2.75, 3.05) is 13.2 Å². The maximum Gasteiger partial charge on any atom is 0.318 e. The van der Waals surface area contributed by atoms with Gasteiger partial charge in [-0.3, -0.25) is 4.98 Å². The Morgan fingerprint density at radius 3 is 2.96 bits per heavy atom. The van der Waals surface area contributed by atoms with Crippen LogP contribution in [0.5, 0.6) is 5.75 Å². The molecule has 2 aromatic rings. The zero-order valence-electron chi connectivity index (χ0n) is 13.9. The fourth-order valence-corrected chi connectivity index (χ4v) is 3.13. The number of benzene rings is 1. The number of hydrogen-bond donors (Lipinski definition) is 1. The minimum atomic E-state index is -0.0175. The third-order valence-electron chi connectivity index (χ3n) is 4.26. The lowest BCUT2D eigenvalue weighted by Gasteiger charge is -2.25. The second kappa shape index (κ2) is 7.81. The molecule has 0 spiro atoms. The van der Waals surface area contributed by atoms with E-state index in [-0.39, 0.29) is 12.1 Å². The highest BCUT2D eigenvalue weighted by atomic mass is 16.5. The number of aromatic nitrogens is 1. The monoisotopic (exact) mass is 325 g/mol. The Hall–Kier alpha value is -2.56. The highest BCUT2D eigenvalue weighted by Crippen LogP contribution is 2.31. The molecular formula is C19H23N3O2. The molecule has 1 aromatic heterocycles. The number of likely N-dealkylation sites (tertiary alicyclic amines) is 1. The van der Waals surface area contributed by atoms with Crippen molar-refractivity contribution in [3.05, 3.63) is 59.9 Å². The first-order chi connectivity index (χ1) is 11.8. The fourth-order valence-electron chi connectivity index (χ4n) is 3.13. The van der Waals surface area contributed by atoms with Gasteiger partial charge in [0.05, 0.1) is 12.6 Å². The quantitative estimate of drug-likeness (QED) is 0.915. The highest BCUT2D eigenvalue weighted by molar-refractivity contribution is 5.75. The average molecular weight is 325 g/mol. The van der Waals surface area contributed by atoms with E-state index in [9.17, 15) is 4.79 Å². The highest BCUT2D eigenvalue weighted by Gasteiger charge is 2.29. The molecule has 24 heavy (non-hydrogen) atoms. The van der Waals surface area contributed by atoms with E-state index in [1.165, 1.54) is 0 Å². The lowest BCUT2D eigenvalue weighted by atomic mass is 10.1. The predicted molar refractivity (Wildman–Crippen MR) is 92.8 cm³/mol. The van der Waals surface area contributed by atoms with Crippen molar-refractivity contribution in [3.8, 4) is 5.75 Å². The molecular weight excluding hydrogens is 302 g/mol. The Bertz CT molecular complexity index is 675. The van der Waals surface area contributed by atoms with Gasteiger partial charge in [0.1, 0.15) is 5.75 Å². The van der Waals surface area contributed by atoms with Crippen LogP contribution in [0, 0.1) is 0 Å². The van der Waals surface area contributed by atoms with Crippen LogP contribution in [0.1, 0.15) is 36.9 Å². The summed E-state index contributed by atoms with van der Waals surface area (Å²) in [5, 5.41) is 3.03. The van der Waals surface area contributed by atoms with Crippen LogP contribution in [0.15, 0.2) is 48.8 Å². The molecule has 0 saturated carbocycles. The molecule has 0 aliphatic carbocycles. The van der Waals surface area contributed by atoms with Crippen LogP contribution >= 0.6 is 0 Å². The van der Waals surface area contributed by atoms with Gasteiger partial charge in [-0.05, 0) is 55.2 Å². The van der Waals surface area contributed by atoms with E-state index in [1.807, 2.05) is 48.2 Å². The average Bonchev–Trinajstić information content (AvgIpc) is 3.11. The van der Waals surface area contributed by atoms with E-state index in [1.54, 1.807) is 12.4 Å². The Morgan fingerprint density at radius 1 is 1.33 bits per heavy atom. The maximum atomic E-state index is 12.6. The second-order valence-corrected chi connectivity index (χ2v) is 5.87. The van der Waals surface area contributed by atoms with Crippen molar-refractivity contribution in [1.29, 1.82) is 0 Å². The molecule has 126 valence electrons. The molecule has 1 N–H and O–H groups in total. The van der Waals surface area contributed by atoms with E-state index in [0.29, 0.717) is 13.2 Å². The molecule has 1 atom stereocenters. The van der Waals surface area contributed by atoms with Crippen LogP contribution in [0.2, 0.25) is 0 Å². The summed E-state index contributed by atoms with van der Waals surface area (Å²) in [6.45, 7) is 3.88. The van der Waals surface area contributed by atoms with E-state index in [2.05, 4.69) is 10.3 Å². The number of pyridine rings is 1. The summed E-state index contributed by atoms with van der Waals surface area (Å²) in [5.74, 6) is 0.833. The molecule has 3 rings (SSSR count). The number of hydrogen-bond acceptors (Lipinski definition) is 3. The lowest BCUT2D eigenvalue weighted by molar-refractivity contribution is 0.192. The zero-order valence-corrected chi connectivity index (χ0v) is 13.9. The summed E-state index contributed by atoms with van der Waals surface area (Å²) in [7, 11) is 0. The standard InChI is InChI=1S/C19H23N3O2/c1-2-24-17-6-3-5-15(13-17)14-21-19(23)22-12-4-7-18(22)16-8-10-20-11-9-16/h3,5-6,8-11,13,18H,2,4,7,12,14H2,1H3,(H,21,23). The van der Waals surface area contributed by atoms with Crippen LogP contribution in [-0.4, -0.2) is 29.1 Å². The summed E-state index contributed by atoms with van der Waals surface area (Å²) in [6.07, 6.45) is 5.59. The molecule has 1 aliphatic heterocycles. The topological polar surface area (TPSA) is 54.5 Å². The molecule has 5 heteroatoms. The largest absolute Gasteiger partial charge is 0.494 e. The second-order valence-electron chi connectivity index (χ2n) is 5.87. The number of rotatable bonds is 5. The Morgan fingerprint density at radius 2 is 2.17 bits per heavy atom. The number of amides is 2. The van der Waals surface area contributed by atoms with Crippen LogP contribution in [0.4, 0.5) is 4.79 Å². The first kappa shape index (κ1) is 16.3. The smallest absolute Gasteiger partial charge is 0.318 e. The van der Waals surface area contributed by atoms with Gasteiger partial charge in [0.2, 0.25) is 0 Å². The summed E-state index contributed by atoms with van der Waals surface area (Å²) in [4.78, 5) is 18.6. The van der Waals surface area contributed by atoms with Gasteiger partial charge < -0.3 is 15.0 Å². The van der Waals surface area contributed by atoms with Gasteiger partial charge >= 0.3 is 6.03 Å². The molecule has 1 fully saturated rings. The molecule has 1 aliphatic rings. The zero-order chi connectivity index (χ0) is 16.8. The van der Waals surface area contributed by atoms with Gasteiger partial charge in [-0.25, -0.2) is 4.79 Å². The normalized spacial score (nSPS) is 16.9. The molecule has 0 radical (unpaired) electrons. The van der Waals surface area contributed by atoms with E-state index >= 15 is 0 Å². The van der Waals surface area contributed by atoms with Crippen molar-refractivity contribution in [2.24, 2.45) is 0 Å². The Kier molecular flexibility index (Phi) is 5.31. The Balaban J connectivity index is 1.61. The molecule has 0 bridgehead atoms. The number of nitrogens with one attached hydrogen (secondary N) is 1. The summed E-state index contributed by atoms with van der Waals surface area (Å²) in [5.41, 5.74) is 2.19. The number of nitrogens with zero attached hydrogens (tertiary/aromatic N) is 2. The lowest BCUT2D eigenvalue weighted by Crippen LogP contribution is -2.39. The van der Waals surface area contributed by atoms with Gasteiger partial charge in [-0.1, -0.05) is 12.1 Å². The van der Waals surface area contributed by atoms with Crippen molar-refractivity contribution in [2.45, 2.75) is 32.4 Å². The SMILES string of the molecule is CCOc1cccc(CNC(=O)N2CCCC2c2ccncc2)c1. The van der Waals surface area contributed by atoms with Crippen LogP contribution in [0.25, 0.3) is 0 Å². The summed E-state index contributed by atoms with van der Waals surface area (Å²) < 4.78 is 5.50. The van der Waals surface area contributed by atoms with Crippen LogP contribution in [-0.2, 0) is 6.54 Å². The van der Waals surface area contributed by atoms with Crippen molar-refractivity contribution >= 4 is 6.03 Å². The van der Waals surface area contributed by atoms with E-state index in [4.69, 9.17) is 4.74 Å². The predicted octanol–water partition coefficient (Wildman–Crippen LogP) is 3.53. The number of carbonyl (C=O) groups excluding carboxylic acids is 1. The van der Waals surface area contributed by atoms with Crippen molar-refractivity contribution < 1.29 is 9.53 Å². The molecule has 2 amide bonds. The van der Waals surface area contributed by atoms with Gasteiger partial charge in [-0.2, -0.15) is 0 Å². The molecule has 2 heterocycles. The summed E-state index contributed by atoms with van der Waals surface area (Å²) >= 11 is 0. The van der Waals surface area contributed by atoms with Gasteiger partial charge in [0.15, 0.2) is 0 Å². The molecule has 1 saturated heterocycles. The Labute approximate surface area is 142 Å². The van der Waals surface area contributed by atoms with Crippen LogP contribution in [0.3, 0.4) is 0 Å². The van der Waals surface area contributed by atoms with E-state index < -0.39 is 0 Å². The van der Waals surface area contributed by atoms with Gasteiger partial charge in [0.25, 0.3) is 0 Å². The number of urea groups is 1. The van der Waals surface area contributed by atoms with Crippen molar-refractivity contribution in [3.63, 3.8) is 0 Å². The maximum absolute atomic E-state index is 12.6. The fraction of sp³-hybridized carbons (Fsp3) is 0.368. The minimum absolute atomic E-state index is 0.0175. The third-order valence-corrected chi connectivity index (χ3v) is 4.26. The number of ether oxygens (including phenoxy) is 1. The van der Waals surface area contributed by atoms with Crippen LogP contribution < -0.4 is 10.1 Å². The van der Waals surface area contributed by atoms with Gasteiger partial charge in [0, 0.05) is 25.5 Å². The first-order valence-corrected chi connectivity index (χ1v) is 8.44. The van der Waals surface area contributed by atoms with Gasteiger partial charge in [-0.15, -0.1) is 0 Å². The molecule has 1 aromatic carbocycles. The summed E-state index contributed by atoms with van der Waals surface area (Å²) in [6, 6.07) is 11.9. The van der Waals surface area contributed by atoms with E-state index in [0.717, 1.165) is 36.3 Å². The first-order valence-electron chi connectivity index (χ1n) is 8.44. The minimum Gasteiger partial charge on any atom is -0.494 e. The number of carbonyl (C=O) groups is 1. The molecule has 1 unspecified atom stereocenters. The molecule has 5 nitrogen and oxygen atoms in total. The third kappa shape index (κ3) is 3.85. The van der Waals surface area contributed by atoms with Crippen molar-refractivity contribution in [1.82, 2.24) is 15.2 Å².